The number of anilines is 2. The number of ether oxygens (including phenoxy) is 1. The number of hydrogen-bond donors (Lipinski definition) is 1. The quantitative estimate of drug-likeness (QED) is 0.221. The zero-order valence-electron chi connectivity index (χ0n) is 26.3. The van der Waals surface area contributed by atoms with Gasteiger partial charge in [-0.2, -0.15) is 23.5 Å². The third-order valence-electron chi connectivity index (χ3n) is 8.16. The molecule has 2 aliphatic heterocycles. The maximum Gasteiger partial charge on any atom is 0.318 e. The maximum atomic E-state index is 13.3. The van der Waals surface area contributed by atoms with Crippen molar-refractivity contribution in [1.29, 1.82) is 0 Å². The molecule has 1 aromatic heterocycles. The molecule has 248 valence electrons. The smallest absolute Gasteiger partial charge is 0.318 e. The number of fused-ring (bicyclic) bond motifs is 2. The molecule has 13 heteroatoms. The summed E-state index contributed by atoms with van der Waals surface area (Å²) in [4.78, 5) is 29.2. The largest absolute Gasteiger partial charge is 0.462 e. The number of rotatable bonds is 9. The number of nitrogens with zero attached hydrogens (tertiary/aromatic N) is 6. The van der Waals surface area contributed by atoms with Gasteiger partial charge in [-0.1, -0.05) is 42.4 Å². The number of nitrogens with two attached hydrogens (primary N) is 1. The first-order valence-corrected chi connectivity index (χ1v) is 15.5. The van der Waals surface area contributed by atoms with Crippen molar-refractivity contribution >= 4 is 53.3 Å². The van der Waals surface area contributed by atoms with Gasteiger partial charge < -0.3 is 25.1 Å². The fourth-order valence-corrected chi connectivity index (χ4v) is 5.93. The van der Waals surface area contributed by atoms with Gasteiger partial charge in [-0.15, -0.1) is 0 Å². The van der Waals surface area contributed by atoms with E-state index in [-0.39, 0.29) is 44.3 Å². The Bertz CT molecular complexity index is 1540. The van der Waals surface area contributed by atoms with Crippen LogP contribution in [0.15, 0.2) is 49.1 Å². The van der Waals surface area contributed by atoms with E-state index in [4.69, 9.17) is 28.6 Å². The van der Waals surface area contributed by atoms with Crippen LogP contribution in [0.4, 0.5) is 20.3 Å². The minimum atomic E-state index is -2.55. The zero-order chi connectivity index (χ0) is 32.6. The number of likely N-dealkylation sites (N-methyl/N-ethyl adjacent to an activating group) is 1. The Morgan fingerprint density at radius 3 is 2.59 bits per heavy atom. The second-order valence-corrected chi connectivity index (χ2v) is 11.6. The Morgan fingerprint density at radius 2 is 1.93 bits per heavy atom. The van der Waals surface area contributed by atoms with Crippen LogP contribution in [0.5, 0.6) is 6.01 Å². The van der Waals surface area contributed by atoms with E-state index >= 15 is 0 Å². The molecular formula is C33H42ClF2N7O2S. The molecule has 0 spiro atoms. The predicted octanol–water partition coefficient (Wildman–Crippen LogP) is 5.98. The molecule has 2 N–H and O–H groups in total. The SMILES string of the molecule is Nc1nc(OCCN2CCC(F)(F)CC2)nc2c1CCN(c1cccc3cccc(Cl)c13)C2.S.[C-]#[N+]C[C@@H](C)N(CC)C(=O)C=C. The molecule has 9 nitrogen and oxygen atoms in total. The first kappa shape index (κ1) is 36.8. The van der Waals surface area contributed by atoms with Gasteiger partial charge >= 0.3 is 6.01 Å². The second kappa shape index (κ2) is 16.8. The van der Waals surface area contributed by atoms with Crippen molar-refractivity contribution in [2.75, 3.05) is 56.5 Å². The lowest BCUT2D eigenvalue weighted by atomic mass is 10.0. The first-order chi connectivity index (χ1) is 21.6. The Hall–Kier alpha value is -3.66. The number of aromatic nitrogens is 2. The van der Waals surface area contributed by atoms with Gasteiger partial charge in [0, 0.05) is 62.2 Å². The van der Waals surface area contributed by atoms with E-state index in [1.165, 1.54) is 6.08 Å². The number of amides is 1. The fourth-order valence-electron chi connectivity index (χ4n) is 5.65. The van der Waals surface area contributed by atoms with Gasteiger partial charge in [0.25, 0.3) is 5.92 Å². The summed E-state index contributed by atoms with van der Waals surface area (Å²) in [6.45, 7) is 17.8. The lowest BCUT2D eigenvalue weighted by Gasteiger charge is -2.32. The predicted molar refractivity (Wildman–Crippen MR) is 185 cm³/mol. The Labute approximate surface area is 281 Å². The standard InChI is InChI=1S/C24H26ClF2N5O.C9H14N2O.H2S/c25-18-5-1-3-16-4-2-6-20(21(16)18)32-10-7-17-19(15-32)29-23(30-22(17)28)33-14-13-31-11-8-24(26,27)9-12-31;1-5-9(12)11(6-2)8(3)7-10-4;/h1-6H,7-15H2,(H2,28,29,30);5,8H,1,6-7H2,2-3H3;1H2/t;8-;/m.1./s1. The van der Waals surface area contributed by atoms with Gasteiger partial charge in [-0.25, -0.2) is 15.4 Å². The fraction of sp³-hybridized carbons (Fsp3) is 0.455. The van der Waals surface area contributed by atoms with Gasteiger partial charge in [0.05, 0.1) is 17.3 Å². The molecule has 2 aromatic carbocycles. The third-order valence-corrected chi connectivity index (χ3v) is 8.48. The Kier molecular flexibility index (Phi) is 13.4. The van der Waals surface area contributed by atoms with Crippen molar-refractivity contribution < 1.29 is 18.3 Å². The molecule has 0 aliphatic carbocycles. The highest BCUT2D eigenvalue weighted by Gasteiger charge is 2.33. The molecule has 0 bridgehead atoms. The number of piperidine rings is 1. The molecule has 1 saturated heterocycles. The van der Waals surface area contributed by atoms with Gasteiger partial charge in [-0.05, 0) is 43.9 Å². The lowest BCUT2D eigenvalue weighted by Crippen LogP contribution is -2.41. The third kappa shape index (κ3) is 9.21. The zero-order valence-corrected chi connectivity index (χ0v) is 28.1. The highest BCUT2D eigenvalue weighted by atomic mass is 35.5. The summed E-state index contributed by atoms with van der Waals surface area (Å²) < 4.78 is 32.4. The van der Waals surface area contributed by atoms with Crippen LogP contribution in [0.25, 0.3) is 15.6 Å². The van der Waals surface area contributed by atoms with Crippen LogP contribution < -0.4 is 15.4 Å². The highest BCUT2D eigenvalue weighted by Crippen LogP contribution is 2.36. The van der Waals surface area contributed by atoms with E-state index in [2.05, 4.69) is 44.5 Å². The molecule has 1 atom stereocenters. The van der Waals surface area contributed by atoms with Crippen molar-refractivity contribution in [3.63, 3.8) is 0 Å². The number of carbonyl (C=O) groups excluding carboxylic acids is 1. The van der Waals surface area contributed by atoms with E-state index in [0.717, 1.165) is 45.7 Å². The van der Waals surface area contributed by atoms with Crippen LogP contribution in [0, 0.1) is 6.57 Å². The molecular weight excluding hydrogens is 632 g/mol. The van der Waals surface area contributed by atoms with E-state index in [1.807, 2.05) is 36.9 Å². The van der Waals surface area contributed by atoms with E-state index in [9.17, 15) is 13.6 Å². The Morgan fingerprint density at radius 1 is 1.24 bits per heavy atom. The second-order valence-electron chi connectivity index (χ2n) is 11.2. The van der Waals surface area contributed by atoms with Crippen LogP contribution in [-0.2, 0) is 17.8 Å². The van der Waals surface area contributed by atoms with Crippen LogP contribution in [0.3, 0.4) is 0 Å². The van der Waals surface area contributed by atoms with Crippen molar-refractivity contribution in [3.8, 4) is 6.01 Å². The van der Waals surface area contributed by atoms with Crippen molar-refractivity contribution in [2.24, 2.45) is 0 Å². The molecule has 1 amide bonds. The van der Waals surface area contributed by atoms with Crippen molar-refractivity contribution in [2.45, 2.75) is 51.6 Å². The first-order valence-electron chi connectivity index (χ1n) is 15.1. The van der Waals surface area contributed by atoms with Crippen molar-refractivity contribution in [3.05, 3.63) is 76.8 Å². The van der Waals surface area contributed by atoms with Crippen LogP contribution in [-0.4, -0.2) is 83.5 Å². The number of carbonyl (C=O) groups is 1. The monoisotopic (exact) mass is 673 g/mol. The van der Waals surface area contributed by atoms with Crippen LogP contribution in [0.1, 0.15) is 37.9 Å². The van der Waals surface area contributed by atoms with Gasteiger partial charge in [0.2, 0.25) is 12.5 Å². The molecule has 0 saturated carbocycles. The highest BCUT2D eigenvalue weighted by molar-refractivity contribution is 7.59. The van der Waals surface area contributed by atoms with Gasteiger partial charge in [0.15, 0.2) is 0 Å². The summed E-state index contributed by atoms with van der Waals surface area (Å²) in [6.07, 6.45) is 1.79. The summed E-state index contributed by atoms with van der Waals surface area (Å²) in [5.41, 5.74) is 9.07. The minimum Gasteiger partial charge on any atom is -0.462 e. The topological polar surface area (TPSA) is 92.2 Å². The summed E-state index contributed by atoms with van der Waals surface area (Å²) >= 11 is 6.53. The molecule has 3 heterocycles. The maximum absolute atomic E-state index is 13.3. The van der Waals surface area contributed by atoms with Crippen LogP contribution >= 0.6 is 25.1 Å². The molecule has 0 unspecified atom stereocenters. The summed E-state index contributed by atoms with van der Waals surface area (Å²) in [6, 6.07) is 12.3. The number of likely N-dealkylation sites (tertiary alicyclic amines) is 1. The Balaban J connectivity index is 0.000000380. The van der Waals surface area contributed by atoms with Gasteiger partial charge in [0.1, 0.15) is 18.5 Å². The summed E-state index contributed by atoms with van der Waals surface area (Å²) in [7, 11) is 0. The molecule has 3 aromatic rings. The molecule has 2 aliphatic rings. The number of benzene rings is 2. The molecule has 1 fully saturated rings. The molecule has 0 radical (unpaired) electrons. The average Bonchev–Trinajstić information content (AvgIpc) is 3.02. The number of nitrogen functional groups attached to an aromatic ring is 1. The normalized spacial score (nSPS) is 16.1. The van der Waals surface area contributed by atoms with E-state index in [0.29, 0.717) is 51.7 Å². The van der Waals surface area contributed by atoms with Gasteiger partial charge in [-0.3, -0.25) is 9.69 Å². The van der Waals surface area contributed by atoms with Crippen molar-refractivity contribution in [1.82, 2.24) is 19.8 Å². The lowest BCUT2D eigenvalue weighted by molar-refractivity contribution is -0.127. The average molecular weight is 674 g/mol. The number of alkyl halides is 2. The van der Waals surface area contributed by atoms with E-state index in [1.54, 1.807) is 4.90 Å². The van der Waals surface area contributed by atoms with E-state index < -0.39 is 5.92 Å². The minimum absolute atomic E-state index is 0. The molecule has 5 rings (SSSR count). The molecule has 46 heavy (non-hydrogen) atoms. The van der Waals surface area contributed by atoms with Crippen LogP contribution in [0.2, 0.25) is 5.02 Å². The number of halogens is 3. The summed E-state index contributed by atoms with van der Waals surface area (Å²) in [5, 5.41) is 2.83. The number of hydrogen-bond acceptors (Lipinski definition) is 7. The summed E-state index contributed by atoms with van der Waals surface area (Å²) in [5.74, 6) is -2.22.